The van der Waals surface area contributed by atoms with Gasteiger partial charge in [-0.15, -0.1) is 0 Å². The summed E-state index contributed by atoms with van der Waals surface area (Å²) in [7, 11) is 1.57. The van der Waals surface area contributed by atoms with Crippen molar-refractivity contribution in [1.82, 2.24) is 9.88 Å². The van der Waals surface area contributed by atoms with E-state index >= 15 is 0 Å². The molecule has 1 aromatic carbocycles. The Morgan fingerprint density at radius 1 is 1.38 bits per heavy atom. The van der Waals surface area contributed by atoms with Crippen molar-refractivity contribution in [2.45, 2.75) is 24.8 Å². The summed E-state index contributed by atoms with van der Waals surface area (Å²) in [4.78, 5) is 30.7. The van der Waals surface area contributed by atoms with Crippen LogP contribution in [0.1, 0.15) is 29.6 Å². The van der Waals surface area contributed by atoms with Crippen LogP contribution in [0, 0.1) is 0 Å². The first kappa shape index (κ1) is 16.4. The summed E-state index contributed by atoms with van der Waals surface area (Å²) in [6.07, 6.45) is 3.22. The minimum atomic E-state index is -0.663. The Hall–Kier alpha value is -2.47. The smallest absolute Gasteiger partial charge is 0.255 e. The van der Waals surface area contributed by atoms with Gasteiger partial charge in [0.15, 0.2) is 0 Å². The minimum absolute atomic E-state index is 0.105. The molecule has 1 aliphatic heterocycles. The first-order valence-corrected chi connectivity index (χ1v) is 8.00. The second-order valence-corrected chi connectivity index (χ2v) is 6.28. The zero-order valence-corrected chi connectivity index (χ0v) is 13.7. The Morgan fingerprint density at radius 3 is 2.92 bits per heavy atom. The number of hydrogen-bond donors (Lipinski definition) is 1. The van der Waals surface area contributed by atoms with Crippen LogP contribution in [0.3, 0.4) is 0 Å². The maximum Gasteiger partial charge on any atom is 0.255 e. The molecule has 24 heavy (non-hydrogen) atoms. The van der Waals surface area contributed by atoms with Gasteiger partial charge in [-0.3, -0.25) is 14.6 Å². The minimum Gasteiger partial charge on any atom is -0.382 e. The molecule has 2 N–H and O–H groups in total. The Bertz CT molecular complexity index is 777. The summed E-state index contributed by atoms with van der Waals surface area (Å²) < 4.78 is 5.30. The summed E-state index contributed by atoms with van der Waals surface area (Å²) in [6.45, 7) is 0.880. The molecule has 1 atom stereocenters. The highest BCUT2D eigenvalue weighted by Gasteiger charge is 2.45. The number of amides is 2. The quantitative estimate of drug-likeness (QED) is 0.906. The van der Waals surface area contributed by atoms with Crippen molar-refractivity contribution < 1.29 is 14.3 Å². The van der Waals surface area contributed by atoms with E-state index in [1.165, 1.54) is 0 Å². The highest BCUT2D eigenvalue weighted by Crippen LogP contribution is 2.34. The van der Waals surface area contributed by atoms with Gasteiger partial charge in [-0.1, -0.05) is 18.2 Å². The van der Waals surface area contributed by atoms with E-state index in [-0.39, 0.29) is 12.3 Å². The van der Waals surface area contributed by atoms with Crippen LogP contribution in [0.25, 0.3) is 10.9 Å². The molecule has 6 heteroatoms. The number of hydrogen-bond acceptors (Lipinski definition) is 4. The summed E-state index contributed by atoms with van der Waals surface area (Å²) >= 11 is 0. The standard InChI is InChI=1S/C18H21N3O3/c1-24-12-18(10-16(19)22)7-4-8-21(18)17(23)14-9-13-5-2-3-6-15(13)20-11-14/h2-3,5-6,9,11H,4,7-8,10,12H2,1H3,(H2,19,22)/t18-/m1/s1. The number of carbonyl (C=O) groups excluding carboxylic acids is 2. The number of para-hydroxylation sites is 1. The summed E-state index contributed by atoms with van der Waals surface area (Å²) in [5.41, 5.74) is 6.11. The van der Waals surface area contributed by atoms with Crippen LogP contribution in [-0.2, 0) is 9.53 Å². The number of pyridine rings is 1. The number of ether oxygens (including phenoxy) is 1. The molecule has 2 heterocycles. The molecule has 0 bridgehead atoms. The molecule has 126 valence electrons. The van der Waals surface area contributed by atoms with Gasteiger partial charge in [0.2, 0.25) is 5.91 Å². The van der Waals surface area contributed by atoms with Gasteiger partial charge in [0, 0.05) is 25.2 Å². The first-order chi connectivity index (χ1) is 11.6. The van der Waals surface area contributed by atoms with Crippen LogP contribution >= 0.6 is 0 Å². The molecule has 0 aliphatic carbocycles. The third kappa shape index (κ3) is 2.97. The average Bonchev–Trinajstić information content (AvgIpc) is 2.96. The number of rotatable bonds is 5. The van der Waals surface area contributed by atoms with Gasteiger partial charge in [0.25, 0.3) is 5.91 Å². The number of likely N-dealkylation sites (tertiary alicyclic amines) is 1. The predicted octanol–water partition coefficient (Wildman–Crippen LogP) is 1.73. The normalized spacial score (nSPS) is 20.5. The van der Waals surface area contributed by atoms with Crippen LogP contribution in [0.5, 0.6) is 0 Å². The van der Waals surface area contributed by atoms with Gasteiger partial charge in [-0.25, -0.2) is 0 Å². The maximum absolute atomic E-state index is 13.0. The summed E-state index contributed by atoms with van der Waals surface area (Å²) in [5, 5.41) is 0.912. The number of benzene rings is 1. The molecule has 2 aromatic rings. The lowest BCUT2D eigenvalue weighted by Crippen LogP contribution is -2.52. The summed E-state index contributed by atoms with van der Waals surface area (Å²) in [5.74, 6) is -0.563. The predicted molar refractivity (Wildman–Crippen MR) is 90.4 cm³/mol. The van der Waals surface area contributed by atoms with Crippen LogP contribution in [0.4, 0.5) is 0 Å². The lowest BCUT2D eigenvalue weighted by molar-refractivity contribution is -0.121. The molecule has 1 fully saturated rings. The van der Waals surface area contributed by atoms with Crippen molar-refractivity contribution in [3.05, 3.63) is 42.1 Å². The molecule has 1 aliphatic rings. The molecular weight excluding hydrogens is 306 g/mol. The zero-order chi connectivity index (χ0) is 17.2. The zero-order valence-electron chi connectivity index (χ0n) is 13.7. The lowest BCUT2D eigenvalue weighted by Gasteiger charge is -2.37. The SMILES string of the molecule is COC[C@]1(CC(N)=O)CCCN1C(=O)c1cnc2ccccc2c1. The number of primary amides is 1. The summed E-state index contributed by atoms with van der Waals surface area (Å²) in [6, 6.07) is 9.49. The molecule has 0 saturated carbocycles. The monoisotopic (exact) mass is 327 g/mol. The van der Waals surface area contributed by atoms with Crippen LogP contribution in [0.15, 0.2) is 36.5 Å². The van der Waals surface area contributed by atoms with E-state index in [1.54, 1.807) is 18.2 Å². The fourth-order valence-electron chi connectivity index (χ4n) is 3.58. The van der Waals surface area contributed by atoms with Crippen molar-refractivity contribution in [3.63, 3.8) is 0 Å². The van der Waals surface area contributed by atoms with Crippen LogP contribution < -0.4 is 5.73 Å². The van der Waals surface area contributed by atoms with Gasteiger partial charge in [0.05, 0.1) is 29.6 Å². The Balaban J connectivity index is 1.94. The van der Waals surface area contributed by atoms with Crippen molar-refractivity contribution in [3.8, 4) is 0 Å². The largest absolute Gasteiger partial charge is 0.382 e. The molecule has 0 spiro atoms. The molecular formula is C18H21N3O3. The fraction of sp³-hybridized carbons (Fsp3) is 0.389. The van der Waals surface area contributed by atoms with Crippen molar-refractivity contribution in [1.29, 1.82) is 0 Å². The van der Waals surface area contributed by atoms with E-state index in [2.05, 4.69) is 4.98 Å². The highest BCUT2D eigenvalue weighted by molar-refractivity contribution is 5.98. The van der Waals surface area contributed by atoms with Gasteiger partial charge < -0.3 is 15.4 Å². The number of methoxy groups -OCH3 is 1. The second-order valence-electron chi connectivity index (χ2n) is 6.28. The molecule has 0 unspecified atom stereocenters. The molecule has 3 rings (SSSR count). The second kappa shape index (κ2) is 6.57. The molecule has 1 saturated heterocycles. The molecule has 0 radical (unpaired) electrons. The Labute approximate surface area is 140 Å². The van der Waals surface area contributed by atoms with E-state index in [1.807, 2.05) is 30.3 Å². The molecule has 1 aromatic heterocycles. The number of nitrogens with two attached hydrogens (primary N) is 1. The van der Waals surface area contributed by atoms with E-state index in [4.69, 9.17) is 10.5 Å². The third-order valence-corrected chi connectivity index (χ3v) is 4.60. The van der Waals surface area contributed by atoms with Gasteiger partial charge in [0.1, 0.15) is 0 Å². The van der Waals surface area contributed by atoms with Gasteiger partial charge in [-0.2, -0.15) is 0 Å². The third-order valence-electron chi connectivity index (χ3n) is 4.60. The highest BCUT2D eigenvalue weighted by atomic mass is 16.5. The number of carbonyl (C=O) groups is 2. The molecule has 6 nitrogen and oxygen atoms in total. The van der Waals surface area contributed by atoms with E-state index in [9.17, 15) is 9.59 Å². The topological polar surface area (TPSA) is 85.5 Å². The Morgan fingerprint density at radius 2 is 2.17 bits per heavy atom. The number of aromatic nitrogens is 1. The fourth-order valence-corrected chi connectivity index (χ4v) is 3.58. The van der Waals surface area contributed by atoms with Crippen LogP contribution in [0.2, 0.25) is 0 Å². The Kier molecular flexibility index (Phi) is 4.49. The lowest BCUT2D eigenvalue weighted by atomic mass is 9.92. The van der Waals surface area contributed by atoms with E-state index in [0.29, 0.717) is 25.1 Å². The van der Waals surface area contributed by atoms with Crippen molar-refractivity contribution in [2.75, 3.05) is 20.3 Å². The van der Waals surface area contributed by atoms with E-state index < -0.39 is 11.4 Å². The van der Waals surface area contributed by atoms with Gasteiger partial charge in [-0.05, 0) is 25.0 Å². The van der Waals surface area contributed by atoms with Gasteiger partial charge >= 0.3 is 0 Å². The molecule has 2 amide bonds. The van der Waals surface area contributed by atoms with E-state index in [0.717, 1.165) is 17.3 Å². The number of nitrogens with zero attached hydrogens (tertiary/aromatic N) is 2. The van der Waals surface area contributed by atoms with Crippen LogP contribution in [-0.4, -0.2) is 47.5 Å². The van der Waals surface area contributed by atoms with Crippen molar-refractivity contribution in [2.24, 2.45) is 5.73 Å². The maximum atomic E-state index is 13.0. The number of fused-ring (bicyclic) bond motifs is 1. The van der Waals surface area contributed by atoms with Crippen molar-refractivity contribution >= 4 is 22.7 Å². The first-order valence-electron chi connectivity index (χ1n) is 8.00. The average molecular weight is 327 g/mol.